The summed E-state index contributed by atoms with van der Waals surface area (Å²) < 4.78 is 28.8. The number of alkyl halides is 2. The van der Waals surface area contributed by atoms with Crippen LogP contribution in [-0.2, 0) is 9.59 Å². The van der Waals surface area contributed by atoms with E-state index in [4.69, 9.17) is 5.73 Å². The first-order valence-corrected chi connectivity index (χ1v) is 8.86. The van der Waals surface area contributed by atoms with Gasteiger partial charge in [-0.3, -0.25) is 9.59 Å². The molecule has 0 aromatic heterocycles. The van der Waals surface area contributed by atoms with E-state index in [9.17, 15) is 18.4 Å². The fourth-order valence-corrected chi connectivity index (χ4v) is 3.62. The Morgan fingerprint density at radius 3 is 2.52 bits per heavy atom. The first kappa shape index (κ1) is 21.4. The zero-order chi connectivity index (χ0) is 18.7. The van der Waals surface area contributed by atoms with Crippen LogP contribution in [0.4, 0.5) is 14.5 Å². The molecule has 6 nitrogen and oxygen atoms in total. The summed E-state index contributed by atoms with van der Waals surface area (Å²) in [7, 11) is 0. The fourth-order valence-electron chi connectivity index (χ4n) is 3.62. The molecule has 1 aliphatic heterocycles. The van der Waals surface area contributed by atoms with Crippen molar-refractivity contribution in [2.24, 2.45) is 11.7 Å². The molecule has 0 radical (unpaired) electrons. The summed E-state index contributed by atoms with van der Waals surface area (Å²) in [5, 5.41) is 2.86. The van der Waals surface area contributed by atoms with Gasteiger partial charge in [0, 0.05) is 24.2 Å². The van der Waals surface area contributed by atoms with Gasteiger partial charge in [0.2, 0.25) is 11.8 Å². The van der Waals surface area contributed by atoms with Gasteiger partial charge in [0.1, 0.15) is 11.8 Å². The van der Waals surface area contributed by atoms with Crippen molar-refractivity contribution in [3.63, 3.8) is 0 Å². The number of anilines is 1. The van der Waals surface area contributed by atoms with E-state index in [1.54, 1.807) is 17.0 Å². The molecule has 2 amide bonds. The second-order valence-corrected chi connectivity index (χ2v) is 6.84. The van der Waals surface area contributed by atoms with Gasteiger partial charge in [-0.05, 0) is 56.4 Å². The Bertz CT molecular complexity index is 660. The molecule has 0 bridgehead atoms. The van der Waals surface area contributed by atoms with Crippen molar-refractivity contribution < 1.29 is 23.1 Å². The number of nitrogens with zero attached hydrogens (tertiary/aromatic N) is 1. The van der Waals surface area contributed by atoms with E-state index < -0.39 is 12.7 Å². The summed E-state index contributed by atoms with van der Waals surface area (Å²) in [4.78, 5) is 26.7. The maximum Gasteiger partial charge on any atom is 0.387 e. The summed E-state index contributed by atoms with van der Waals surface area (Å²) in [5.41, 5.74) is 6.45. The molecule has 150 valence electrons. The first-order chi connectivity index (χ1) is 12.4. The van der Waals surface area contributed by atoms with Gasteiger partial charge in [0.15, 0.2) is 0 Å². The quantitative estimate of drug-likeness (QED) is 0.790. The molecule has 1 aromatic carbocycles. The van der Waals surface area contributed by atoms with Gasteiger partial charge in [-0.1, -0.05) is 0 Å². The van der Waals surface area contributed by atoms with Gasteiger partial charge < -0.3 is 20.7 Å². The van der Waals surface area contributed by atoms with E-state index in [-0.39, 0.29) is 41.9 Å². The average Bonchev–Trinajstić information content (AvgIpc) is 3.04. The standard InChI is InChI=1S/C18H23F2N3O3.ClH/c19-18(20)26-14-7-5-13(6-8-14)23-9-1-2-15(17(23)25)22-16(24)11-3-4-12(21)10-11;/h5-8,11-12,15,18H,1-4,9-10,21H2,(H,22,24);1H. The molecule has 3 rings (SSSR count). The molecule has 1 saturated heterocycles. The van der Waals surface area contributed by atoms with Crippen molar-refractivity contribution in [2.75, 3.05) is 11.4 Å². The van der Waals surface area contributed by atoms with Gasteiger partial charge in [-0.15, -0.1) is 12.4 Å². The highest BCUT2D eigenvalue weighted by molar-refractivity contribution is 6.00. The predicted octanol–water partition coefficient (Wildman–Crippen LogP) is 2.45. The Morgan fingerprint density at radius 1 is 1.22 bits per heavy atom. The summed E-state index contributed by atoms with van der Waals surface area (Å²) in [6, 6.07) is 5.42. The number of ether oxygens (including phenoxy) is 1. The van der Waals surface area contributed by atoms with Gasteiger partial charge in [0.25, 0.3) is 0 Å². The van der Waals surface area contributed by atoms with Gasteiger partial charge in [0.05, 0.1) is 0 Å². The summed E-state index contributed by atoms with van der Waals surface area (Å²) in [5.74, 6) is -0.386. The minimum absolute atomic E-state index is 0. The number of hydrogen-bond acceptors (Lipinski definition) is 4. The number of rotatable bonds is 5. The molecule has 1 saturated carbocycles. The van der Waals surface area contributed by atoms with E-state index >= 15 is 0 Å². The van der Waals surface area contributed by atoms with Crippen LogP contribution in [0.15, 0.2) is 24.3 Å². The van der Waals surface area contributed by atoms with Crippen molar-refractivity contribution >= 4 is 29.9 Å². The van der Waals surface area contributed by atoms with Crippen LogP contribution in [0.2, 0.25) is 0 Å². The Morgan fingerprint density at radius 2 is 1.93 bits per heavy atom. The highest BCUT2D eigenvalue weighted by Crippen LogP contribution is 2.27. The van der Waals surface area contributed by atoms with Crippen LogP contribution in [-0.4, -0.2) is 37.1 Å². The number of benzene rings is 1. The second-order valence-electron chi connectivity index (χ2n) is 6.84. The number of carbonyl (C=O) groups excluding carboxylic acids is 2. The zero-order valence-electron chi connectivity index (χ0n) is 14.8. The maximum absolute atomic E-state index is 12.7. The molecule has 1 heterocycles. The minimum atomic E-state index is -2.89. The molecule has 9 heteroatoms. The molecule has 3 unspecified atom stereocenters. The average molecular weight is 404 g/mol. The largest absolute Gasteiger partial charge is 0.435 e. The van der Waals surface area contributed by atoms with Crippen molar-refractivity contribution in [3.8, 4) is 5.75 Å². The lowest BCUT2D eigenvalue weighted by Crippen LogP contribution is -2.53. The highest BCUT2D eigenvalue weighted by atomic mass is 35.5. The number of halogens is 3. The maximum atomic E-state index is 12.7. The van der Waals surface area contributed by atoms with E-state index in [0.29, 0.717) is 25.1 Å². The van der Waals surface area contributed by atoms with Gasteiger partial charge in [-0.25, -0.2) is 0 Å². The lowest BCUT2D eigenvalue weighted by molar-refractivity contribution is -0.130. The molecule has 1 aliphatic carbocycles. The third kappa shape index (κ3) is 5.29. The van der Waals surface area contributed by atoms with Crippen LogP contribution in [0, 0.1) is 5.92 Å². The topological polar surface area (TPSA) is 84.7 Å². The number of piperidine rings is 1. The third-order valence-corrected chi connectivity index (χ3v) is 4.97. The summed E-state index contributed by atoms with van der Waals surface area (Å²) in [6.07, 6.45) is 3.57. The van der Waals surface area contributed by atoms with Gasteiger partial charge in [-0.2, -0.15) is 8.78 Å². The van der Waals surface area contributed by atoms with Crippen LogP contribution >= 0.6 is 12.4 Å². The van der Waals surface area contributed by atoms with Crippen LogP contribution in [0.1, 0.15) is 32.1 Å². The lowest BCUT2D eigenvalue weighted by Gasteiger charge is -2.33. The monoisotopic (exact) mass is 403 g/mol. The van der Waals surface area contributed by atoms with Crippen molar-refractivity contribution in [1.82, 2.24) is 5.32 Å². The Balaban J connectivity index is 0.00000261. The van der Waals surface area contributed by atoms with E-state index in [1.165, 1.54) is 12.1 Å². The van der Waals surface area contributed by atoms with E-state index in [1.807, 2.05) is 0 Å². The molecular weight excluding hydrogens is 380 g/mol. The minimum Gasteiger partial charge on any atom is -0.435 e. The molecule has 27 heavy (non-hydrogen) atoms. The first-order valence-electron chi connectivity index (χ1n) is 8.86. The molecule has 3 atom stereocenters. The molecule has 2 aliphatic rings. The number of carbonyl (C=O) groups is 2. The van der Waals surface area contributed by atoms with E-state index in [0.717, 1.165) is 19.3 Å². The number of nitrogens with one attached hydrogen (secondary N) is 1. The molecule has 3 N–H and O–H groups in total. The smallest absolute Gasteiger partial charge is 0.387 e. The number of amides is 2. The van der Waals surface area contributed by atoms with Crippen LogP contribution in [0.3, 0.4) is 0 Å². The van der Waals surface area contributed by atoms with Crippen molar-refractivity contribution in [2.45, 2.75) is 50.8 Å². The van der Waals surface area contributed by atoms with Crippen LogP contribution in [0.5, 0.6) is 5.75 Å². The van der Waals surface area contributed by atoms with Crippen molar-refractivity contribution in [3.05, 3.63) is 24.3 Å². The third-order valence-electron chi connectivity index (χ3n) is 4.97. The van der Waals surface area contributed by atoms with Crippen LogP contribution in [0.25, 0.3) is 0 Å². The number of hydrogen-bond donors (Lipinski definition) is 2. The summed E-state index contributed by atoms with van der Waals surface area (Å²) >= 11 is 0. The Kier molecular flexibility index (Phi) is 7.38. The van der Waals surface area contributed by atoms with Gasteiger partial charge >= 0.3 is 6.61 Å². The van der Waals surface area contributed by atoms with Crippen molar-refractivity contribution in [1.29, 1.82) is 0 Å². The lowest BCUT2D eigenvalue weighted by atomic mass is 10.0. The molecule has 0 spiro atoms. The molecular formula is C18H24ClF2N3O3. The SMILES string of the molecule is Cl.NC1CCC(C(=O)NC2CCCN(c3ccc(OC(F)F)cc3)C2=O)C1. The van der Waals surface area contributed by atoms with Crippen LogP contribution < -0.4 is 20.7 Å². The van der Waals surface area contributed by atoms with E-state index in [2.05, 4.69) is 10.1 Å². The predicted molar refractivity (Wildman–Crippen MR) is 99.2 cm³/mol. The summed E-state index contributed by atoms with van der Waals surface area (Å²) in [6.45, 7) is -2.37. The zero-order valence-corrected chi connectivity index (χ0v) is 15.6. The number of nitrogens with two attached hydrogens (primary N) is 1. The molecule has 2 fully saturated rings. The highest BCUT2D eigenvalue weighted by Gasteiger charge is 2.34. The molecule has 1 aromatic rings. The Labute approximate surface area is 162 Å². The normalized spacial score (nSPS) is 25.3. The Hall–Kier alpha value is -1.93. The second kappa shape index (κ2) is 9.32. The fraction of sp³-hybridized carbons (Fsp3) is 0.556.